The molecule has 5 N–H and O–H groups in total. The van der Waals surface area contributed by atoms with Gasteiger partial charge >= 0.3 is 0 Å². The summed E-state index contributed by atoms with van der Waals surface area (Å²) in [6.45, 7) is 3.33. The van der Waals surface area contributed by atoms with E-state index in [1.807, 2.05) is 12.1 Å². The van der Waals surface area contributed by atoms with E-state index in [0.717, 1.165) is 32.2 Å². The van der Waals surface area contributed by atoms with Crippen molar-refractivity contribution in [1.82, 2.24) is 9.91 Å². The zero-order valence-corrected chi connectivity index (χ0v) is 10.8. The number of likely N-dealkylation sites (N-methyl/N-ethyl adjacent to an activating group) is 1. The van der Waals surface area contributed by atoms with Gasteiger partial charge in [-0.2, -0.15) is 0 Å². The first-order valence-electron chi connectivity index (χ1n) is 6.06. The average molecular weight is 267 g/mol. The Balaban J connectivity index is 2.15. The minimum atomic E-state index is -0.668. The summed E-state index contributed by atoms with van der Waals surface area (Å²) in [5.41, 5.74) is 14.1. The molecule has 0 radical (unpaired) electrons. The van der Waals surface area contributed by atoms with E-state index in [1.165, 1.54) is 6.07 Å². The maximum absolute atomic E-state index is 13.8. The molecule has 1 aliphatic rings. The van der Waals surface area contributed by atoms with Crippen LogP contribution in [0.1, 0.15) is 10.4 Å². The van der Waals surface area contributed by atoms with Crippen molar-refractivity contribution in [2.75, 3.05) is 44.4 Å². The second-order valence-corrected chi connectivity index (χ2v) is 4.69. The molecule has 7 heteroatoms. The molecule has 0 atom stereocenters. The van der Waals surface area contributed by atoms with Gasteiger partial charge in [0.25, 0.3) is 5.91 Å². The predicted octanol–water partition coefficient (Wildman–Crippen LogP) is 0.0811. The van der Waals surface area contributed by atoms with E-state index in [0.29, 0.717) is 0 Å². The molecule has 0 unspecified atom stereocenters. The number of nitrogen functional groups attached to an aromatic ring is 1. The summed E-state index contributed by atoms with van der Waals surface area (Å²) in [7, 11) is 2.03. The molecule has 0 aromatic heterocycles. The molecule has 0 saturated carbocycles. The number of anilines is 2. The topological polar surface area (TPSA) is 87.6 Å². The van der Waals surface area contributed by atoms with Crippen LogP contribution < -0.4 is 16.9 Å². The third-order valence-corrected chi connectivity index (χ3v) is 3.19. The van der Waals surface area contributed by atoms with Crippen molar-refractivity contribution in [3.8, 4) is 0 Å². The molecule has 1 heterocycles. The standard InChI is InChI=1S/C12H18FN5O/c1-17-2-4-18(5-3-17)16-11-6-8(12(15)19)10(14)7-9(11)13/h6-7,16H,2-5,14H2,1H3,(H2,15,19). The molecule has 19 heavy (non-hydrogen) atoms. The Morgan fingerprint density at radius 1 is 1.32 bits per heavy atom. The second-order valence-electron chi connectivity index (χ2n) is 4.69. The Labute approximate surface area is 111 Å². The van der Waals surface area contributed by atoms with Crippen LogP contribution in [0.2, 0.25) is 0 Å². The number of hydrogen-bond acceptors (Lipinski definition) is 5. The van der Waals surface area contributed by atoms with Crippen LogP contribution in [0, 0.1) is 5.82 Å². The van der Waals surface area contributed by atoms with Gasteiger partial charge in [0.15, 0.2) is 0 Å². The fourth-order valence-corrected chi connectivity index (χ4v) is 1.98. The van der Waals surface area contributed by atoms with Crippen molar-refractivity contribution in [3.63, 3.8) is 0 Å². The van der Waals surface area contributed by atoms with Gasteiger partial charge in [-0.15, -0.1) is 0 Å². The fourth-order valence-electron chi connectivity index (χ4n) is 1.98. The molecule has 1 saturated heterocycles. The molecule has 1 aromatic rings. The highest BCUT2D eigenvalue weighted by molar-refractivity contribution is 5.99. The van der Waals surface area contributed by atoms with Gasteiger partial charge in [0, 0.05) is 31.9 Å². The zero-order chi connectivity index (χ0) is 14.0. The van der Waals surface area contributed by atoms with Crippen LogP contribution >= 0.6 is 0 Å². The lowest BCUT2D eigenvalue weighted by Gasteiger charge is -2.33. The highest BCUT2D eigenvalue weighted by Gasteiger charge is 2.17. The summed E-state index contributed by atoms with van der Waals surface area (Å²) >= 11 is 0. The Bertz CT molecular complexity index is 485. The number of halogens is 1. The van der Waals surface area contributed by atoms with Gasteiger partial charge in [-0.25, -0.2) is 9.40 Å². The molecule has 6 nitrogen and oxygen atoms in total. The number of rotatable bonds is 3. The van der Waals surface area contributed by atoms with Gasteiger partial charge < -0.3 is 21.8 Å². The predicted molar refractivity (Wildman–Crippen MR) is 72.0 cm³/mol. The maximum atomic E-state index is 13.8. The Morgan fingerprint density at radius 2 is 1.95 bits per heavy atom. The number of carbonyl (C=O) groups is 1. The van der Waals surface area contributed by atoms with E-state index in [2.05, 4.69) is 10.3 Å². The number of benzene rings is 1. The molecular weight excluding hydrogens is 249 g/mol. The lowest BCUT2D eigenvalue weighted by atomic mass is 10.1. The van der Waals surface area contributed by atoms with Crippen LogP contribution in [-0.4, -0.2) is 49.0 Å². The quantitative estimate of drug-likeness (QED) is 0.675. The van der Waals surface area contributed by atoms with Gasteiger partial charge in [-0.3, -0.25) is 4.79 Å². The second kappa shape index (κ2) is 5.41. The largest absolute Gasteiger partial charge is 0.398 e. The number of amides is 1. The van der Waals surface area contributed by atoms with Crippen LogP contribution in [0.3, 0.4) is 0 Å². The van der Waals surface area contributed by atoms with Crippen molar-refractivity contribution in [2.24, 2.45) is 5.73 Å². The molecule has 1 aromatic carbocycles. The van der Waals surface area contributed by atoms with Crippen LogP contribution in [-0.2, 0) is 0 Å². The van der Waals surface area contributed by atoms with Gasteiger partial charge in [0.1, 0.15) is 5.82 Å². The number of nitrogens with one attached hydrogen (secondary N) is 1. The van der Waals surface area contributed by atoms with Gasteiger partial charge in [-0.1, -0.05) is 0 Å². The molecule has 0 aliphatic carbocycles. The van der Waals surface area contributed by atoms with Crippen molar-refractivity contribution in [1.29, 1.82) is 0 Å². The number of carbonyl (C=O) groups excluding carboxylic acids is 1. The first-order chi connectivity index (χ1) is 8.97. The van der Waals surface area contributed by atoms with Crippen LogP contribution in [0.15, 0.2) is 12.1 Å². The molecule has 104 valence electrons. The highest BCUT2D eigenvalue weighted by atomic mass is 19.1. The Kier molecular flexibility index (Phi) is 3.87. The van der Waals surface area contributed by atoms with E-state index in [9.17, 15) is 9.18 Å². The fraction of sp³-hybridized carbons (Fsp3) is 0.417. The summed E-state index contributed by atoms with van der Waals surface area (Å²) in [6, 6.07) is 2.46. The van der Waals surface area contributed by atoms with Crippen molar-refractivity contribution in [3.05, 3.63) is 23.5 Å². The third kappa shape index (κ3) is 3.12. The monoisotopic (exact) mass is 267 g/mol. The summed E-state index contributed by atoms with van der Waals surface area (Å²) in [6.07, 6.45) is 0. The number of hydrogen-bond donors (Lipinski definition) is 3. The molecule has 0 bridgehead atoms. The molecular formula is C12H18FN5O. The number of nitrogens with zero attached hydrogens (tertiary/aromatic N) is 2. The summed E-state index contributed by atoms with van der Waals surface area (Å²) < 4.78 is 13.8. The molecule has 1 fully saturated rings. The SMILES string of the molecule is CN1CCN(Nc2cc(C(N)=O)c(N)cc2F)CC1. The molecule has 0 spiro atoms. The normalized spacial score (nSPS) is 17.4. The molecule has 2 rings (SSSR count). The smallest absolute Gasteiger partial charge is 0.250 e. The number of hydrazine groups is 1. The molecule has 1 aliphatic heterocycles. The van der Waals surface area contributed by atoms with Gasteiger partial charge in [-0.05, 0) is 19.2 Å². The van der Waals surface area contributed by atoms with Crippen LogP contribution in [0.25, 0.3) is 0 Å². The maximum Gasteiger partial charge on any atom is 0.250 e. The van der Waals surface area contributed by atoms with E-state index in [4.69, 9.17) is 11.5 Å². The Hall–Kier alpha value is -1.86. The molecule has 1 amide bonds. The highest BCUT2D eigenvalue weighted by Crippen LogP contribution is 2.22. The minimum Gasteiger partial charge on any atom is -0.398 e. The number of nitrogens with two attached hydrogens (primary N) is 2. The van der Waals surface area contributed by atoms with E-state index in [-0.39, 0.29) is 16.9 Å². The Morgan fingerprint density at radius 3 is 2.53 bits per heavy atom. The van der Waals surface area contributed by atoms with Gasteiger partial charge in [0.05, 0.1) is 11.3 Å². The van der Waals surface area contributed by atoms with Crippen LogP contribution in [0.4, 0.5) is 15.8 Å². The first-order valence-corrected chi connectivity index (χ1v) is 6.06. The zero-order valence-electron chi connectivity index (χ0n) is 10.8. The third-order valence-electron chi connectivity index (χ3n) is 3.19. The van der Waals surface area contributed by atoms with E-state index >= 15 is 0 Å². The lowest BCUT2D eigenvalue weighted by Crippen LogP contribution is -2.47. The minimum absolute atomic E-state index is 0.0499. The van der Waals surface area contributed by atoms with Crippen molar-refractivity contribution < 1.29 is 9.18 Å². The van der Waals surface area contributed by atoms with E-state index in [1.54, 1.807) is 0 Å². The summed E-state index contributed by atoms with van der Waals surface area (Å²) in [5, 5.41) is 1.90. The van der Waals surface area contributed by atoms with Crippen molar-refractivity contribution >= 4 is 17.3 Å². The number of piperazine rings is 1. The summed E-state index contributed by atoms with van der Waals surface area (Å²) in [5.74, 6) is -1.17. The average Bonchev–Trinajstić information content (AvgIpc) is 2.34. The van der Waals surface area contributed by atoms with Gasteiger partial charge in [0.2, 0.25) is 0 Å². The summed E-state index contributed by atoms with van der Waals surface area (Å²) in [4.78, 5) is 13.4. The van der Waals surface area contributed by atoms with Crippen LogP contribution in [0.5, 0.6) is 0 Å². The lowest BCUT2D eigenvalue weighted by molar-refractivity contribution is 0.100. The van der Waals surface area contributed by atoms with Crippen molar-refractivity contribution in [2.45, 2.75) is 0 Å². The van der Waals surface area contributed by atoms with E-state index < -0.39 is 11.7 Å². The number of primary amides is 1. The first kappa shape index (κ1) is 13.6.